The van der Waals surface area contributed by atoms with Gasteiger partial charge in [-0.15, -0.1) is 10.2 Å². The highest BCUT2D eigenvalue weighted by atomic mass is 32.1. The molecule has 1 atom stereocenters. The molecule has 7 nitrogen and oxygen atoms in total. The van der Waals surface area contributed by atoms with Crippen LogP contribution in [-0.4, -0.2) is 22.0 Å². The van der Waals surface area contributed by atoms with Crippen LogP contribution in [0.25, 0.3) is 0 Å². The van der Waals surface area contributed by atoms with Crippen molar-refractivity contribution in [3.05, 3.63) is 106 Å². The van der Waals surface area contributed by atoms with E-state index >= 15 is 0 Å². The Bertz CT molecular complexity index is 1270. The summed E-state index contributed by atoms with van der Waals surface area (Å²) in [7, 11) is 0. The van der Waals surface area contributed by atoms with Crippen LogP contribution >= 0.6 is 11.3 Å². The summed E-state index contributed by atoms with van der Waals surface area (Å²) in [6.45, 7) is 4.16. The lowest BCUT2D eigenvalue weighted by molar-refractivity contribution is 0.0938. The zero-order valence-corrected chi connectivity index (χ0v) is 19.6. The summed E-state index contributed by atoms with van der Waals surface area (Å²) in [5, 5.41) is 14.6. The zero-order valence-electron chi connectivity index (χ0n) is 18.8. The van der Waals surface area contributed by atoms with Crippen LogP contribution in [0.4, 0.5) is 5.69 Å². The summed E-state index contributed by atoms with van der Waals surface area (Å²) in [5.41, 5.74) is 3.11. The number of rotatable bonds is 8. The van der Waals surface area contributed by atoms with Crippen LogP contribution in [0, 0.1) is 6.92 Å². The molecule has 3 aromatic carbocycles. The third-order valence-electron chi connectivity index (χ3n) is 5.07. The number of carbonyl (C=O) groups excluding carboxylic acids is 2. The van der Waals surface area contributed by atoms with Crippen LogP contribution in [0.2, 0.25) is 0 Å². The Kier molecular flexibility index (Phi) is 7.29. The summed E-state index contributed by atoms with van der Waals surface area (Å²) < 4.78 is 5.70. The first-order chi connectivity index (χ1) is 16.5. The lowest BCUT2D eigenvalue weighted by Crippen LogP contribution is -2.26. The van der Waals surface area contributed by atoms with E-state index in [9.17, 15) is 9.59 Å². The minimum atomic E-state index is -0.394. The van der Waals surface area contributed by atoms with Crippen LogP contribution in [-0.2, 0) is 6.61 Å². The van der Waals surface area contributed by atoms with Crippen LogP contribution in [0.5, 0.6) is 5.75 Å². The molecule has 4 aromatic rings. The molecule has 34 heavy (non-hydrogen) atoms. The highest BCUT2D eigenvalue weighted by Crippen LogP contribution is 2.19. The van der Waals surface area contributed by atoms with E-state index in [1.54, 1.807) is 24.3 Å². The molecule has 172 valence electrons. The molecule has 0 saturated carbocycles. The summed E-state index contributed by atoms with van der Waals surface area (Å²) in [6.07, 6.45) is 0. The molecule has 0 saturated heterocycles. The third kappa shape index (κ3) is 6.05. The number of amides is 2. The number of aromatic nitrogens is 2. The number of nitrogens with one attached hydrogen (secondary N) is 2. The molecular formula is C26H24N4O3S. The summed E-state index contributed by atoms with van der Waals surface area (Å²) in [5.74, 6) is 0.108. The molecular weight excluding hydrogens is 448 g/mol. The van der Waals surface area contributed by atoms with Gasteiger partial charge in [0.05, 0.1) is 6.04 Å². The van der Waals surface area contributed by atoms with Gasteiger partial charge in [0.1, 0.15) is 12.4 Å². The smallest absolute Gasteiger partial charge is 0.286 e. The fourth-order valence-corrected chi connectivity index (χ4v) is 3.86. The molecule has 0 aliphatic carbocycles. The molecule has 2 amide bonds. The largest absolute Gasteiger partial charge is 0.486 e. The van der Waals surface area contributed by atoms with Gasteiger partial charge in [-0.1, -0.05) is 65.4 Å². The minimum Gasteiger partial charge on any atom is -0.486 e. The van der Waals surface area contributed by atoms with Gasteiger partial charge in [0.25, 0.3) is 11.8 Å². The van der Waals surface area contributed by atoms with Crippen molar-refractivity contribution < 1.29 is 14.3 Å². The SMILES string of the molecule is Cc1ccc(OCc2nnc(C(=O)Nc3cccc(C(=O)NC(C)c4ccccc4)c3)s2)cc1. The van der Waals surface area contributed by atoms with Gasteiger partial charge in [-0.05, 0) is 49.7 Å². The van der Waals surface area contributed by atoms with Crippen molar-refractivity contribution in [3.63, 3.8) is 0 Å². The Labute approximate surface area is 201 Å². The number of aryl methyl sites for hydroxylation is 1. The number of hydrogen-bond donors (Lipinski definition) is 2. The molecule has 0 fully saturated rings. The predicted molar refractivity (Wildman–Crippen MR) is 132 cm³/mol. The molecule has 1 aromatic heterocycles. The average molecular weight is 473 g/mol. The Hall–Kier alpha value is -4.04. The van der Waals surface area contributed by atoms with E-state index < -0.39 is 5.91 Å². The maximum Gasteiger partial charge on any atom is 0.286 e. The fourth-order valence-electron chi connectivity index (χ4n) is 3.21. The van der Waals surface area contributed by atoms with E-state index in [-0.39, 0.29) is 23.6 Å². The molecule has 1 heterocycles. The Balaban J connectivity index is 1.35. The number of anilines is 1. The van der Waals surface area contributed by atoms with Gasteiger partial charge in [-0.3, -0.25) is 9.59 Å². The van der Waals surface area contributed by atoms with Crippen LogP contribution in [0.1, 0.15) is 49.3 Å². The maximum absolute atomic E-state index is 12.7. The van der Waals surface area contributed by atoms with Crippen molar-refractivity contribution in [1.29, 1.82) is 0 Å². The average Bonchev–Trinajstić information content (AvgIpc) is 3.34. The Morgan fingerprint density at radius 1 is 0.941 bits per heavy atom. The maximum atomic E-state index is 12.7. The van der Waals surface area contributed by atoms with Crippen molar-refractivity contribution in [2.75, 3.05) is 5.32 Å². The quantitative estimate of drug-likeness (QED) is 0.369. The monoisotopic (exact) mass is 472 g/mol. The normalized spacial score (nSPS) is 11.5. The van der Waals surface area contributed by atoms with Gasteiger partial charge >= 0.3 is 0 Å². The second-order valence-corrected chi connectivity index (χ2v) is 8.81. The van der Waals surface area contributed by atoms with Crippen LogP contribution in [0.3, 0.4) is 0 Å². The number of ether oxygens (including phenoxy) is 1. The Morgan fingerprint density at radius 3 is 2.47 bits per heavy atom. The number of hydrogen-bond acceptors (Lipinski definition) is 6. The van der Waals surface area contributed by atoms with Crippen molar-refractivity contribution in [1.82, 2.24) is 15.5 Å². The van der Waals surface area contributed by atoms with E-state index in [0.717, 1.165) is 28.2 Å². The van der Waals surface area contributed by atoms with Crippen LogP contribution < -0.4 is 15.4 Å². The molecule has 0 bridgehead atoms. The van der Waals surface area contributed by atoms with E-state index in [1.807, 2.05) is 68.4 Å². The topological polar surface area (TPSA) is 93.2 Å². The number of nitrogens with zero attached hydrogens (tertiary/aromatic N) is 2. The standard InChI is InChI=1S/C26H24N4O3S/c1-17-11-13-22(14-12-17)33-16-23-29-30-26(34-23)25(32)28-21-10-6-9-20(15-21)24(31)27-18(2)19-7-4-3-5-8-19/h3-15,18H,16H2,1-2H3,(H,27,31)(H,28,32). The Morgan fingerprint density at radius 2 is 1.71 bits per heavy atom. The lowest BCUT2D eigenvalue weighted by atomic mass is 10.1. The van der Waals surface area contributed by atoms with Gasteiger partial charge < -0.3 is 15.4 Å². The molecule has 0 aliphatic heterocycles. The van der Waals surface area contributed by atoms with Crippen LogP contribution in [0.15, 0.2) is 78.9 Å². The number of carbonyl (C=O) groups is 2. The van der Waals surface area contributed by atoms with Gasteiger partial charge in [-0.25, -0.2) is 0 Å². The van der Waals surface area contributed by atoms with Crippen molar-refractivity contribution in [3.8, 4) is 5.75 Å². The van der Waals surface area contributed by atoms with E-state index in [4.69, 9.17) is 4.74 Å². The minimum absolute atomic E-state index is 0.145. The first kappa shape index (κ1) is 23.1. The van der Waals surface area contributed by atoms with Crippen molar-refractivity contribution in [2.24, 2.45) is 0 Å². The zero-order chi connectivity index (χ0) is 23.9. The molecule has 0 aliphatic rings. The van der Waals surface area contributed by atoms with Crippen molar-refractivity contribution >= 4 is 28.8 Å². The second-order valence-electron chi connectivity index (χ2n) is 7.74. The van der Waals surface area contributed by atoms with Gasteiger partial charge in [0.15, 0.2) is 5.01 Å². The predicted octanol–water partition coefficient (Wildman–Crippen LogP) is 5.17. The highest BCUT2D eigenvalue weighted by Gasteiger charge is 2.16. The summed E-state index contributed by atoms with van der Waals surface area (Å²) in [4.78, 5) is 25.3. The van der Waals surface area contributed by atoms with Gasteiger partial charge in [0.2, 0.25) is 5.01 Å². The first-order valence-electron chi connectivity index (χ1n) is 10.8. The van der Waals surface area contributed by atoms with Gasteiger partial charge in [0, 0.05) is 11.3 Å². The molecule has 4 rings (SSSR count). The molecule has 8 heteroatoms. The first-order valence-corrected chi connectivity index (χ1v) is 11.6. The molecule has 1 unspecified atom stereocenters. The highest BCUT2D eigenvalue weighted by molar-refractivity contribution is 7.13. The molecule has 0 spiro atoms. The molecule has 2 N–H and O–H groups in total. The summed E-state index contributed by atoms with van der Waals surface area (Å²) >= 11 is 1.16. The van der Waals surface area contributed by atoms with E-state index in [0.29, 0.717) is 16.3 Å². The third-order valence-corrected chi connectivity index (χ3v) is 5.97. The number of benzene rings is 3. The van der Waals surface area contributed by atoms with E-state index in [2.05, 4.69) is 20.8 Å². The fraction of sp³-hybridized carbons (Fsp3) is 0.154. The summed E-state index contributed by atoms with van der Waals surface area (Å²) in [6, 6.07) is 24.0. The second kappa shape index (κ2) is 10.7. The lowest BCUT2D eigenvalue weighted by Gasteiger charge is -2.14. The van der Waals surface area contributed by atoms with Crippen molar-refractivity contribution in [2.45, 2.75) is 26.5 Å². The van der Waals surface area contributed by atoms with E-state index in [1.165, 1.54) is 0 Å². The van der Waals surface area contributed by atoms with Gasteiger partial charge in [-0.2, -0.15) is 0 Å². The molecule has 0 radical (unpaired) electrons.